The quantitative estimate of drug-likeness (QED) is 0.243. The Kier molecular flexibility index (Phi) is 4.84. The maximum absolute atomic E-state index is 9.21. The largest absolute Gasteiger partial charge is 0.407 e. The van der Waals surface area contributed by atoms with Gasteiger partial charge >= 0.3 is 0 Å². The average Bonchev–Trinajstić information content (AvgIpc) is 3.41. The van der Waals surface area contributed by atoms with Crippen molar-refractivity contribution in [2.75, 3.05) is 6.61 Å². The van der Waals surface area contributed by atoms with Crippen LogP contribution in [0, 0.1) is 0 Å². The molecule has 0 N–H and O–H groups in total. The summed E-state index contributed by atoms with van der Waals surface area (Å²) in [7, 11) is -2.64. The molecule has 1 heterocycles. The lowest BCUT2D eigenvalue weighted by atomic mass is 10.00. The van der Waals surface area contributed by atoms with E-state index in [-0.39, 0.29) is 17.2 Å². The van der Waals surface area contributed by atoms with E-state index in [9.17, 15) is 5.53 Å². The predicted molar refractivity (Wildman–Crippen MR) is 113 cm³/mol. The van der Waals surface area contributed by atoms with Crippen LogP contribution in [-0.2, 0) is 9.16 Å². The van der Waals surface area contributed by atoms with E-state index in [1.807, 2.05) is 12.1 Å². The van der Waals surface area contributed by atoms with Crippen LogP contribution >= 0.6 is 0 Å². The van der Waals surface area contributed by atoms with Crippen LogP contribution in [0.1, 0.15) is 33.6 Å². The monoisotopic (exact) mass is 393 g/mol. The van der Waals surface area contributed by atoms with Gasteiger partial charge in [-0.25, -0.2) is 0 Å². The predicted octanol–water partition coefficient (Wildman–Crippen LogP) is 4.17. The van der Waals surface area contributed by atoms with Gasteiger partial charge < -0.3 is 9.16 Å². The highest BCUT2D eigenvalue weighted by Crippen LogP contribution is 2.49. The van der Waals surface area contributed by atoms with Gasteiger partial charge in [0.05, 0.1) is 17.7 Å². The van der Waals surface area contributed by atoms with Gasteiger partial charge in [0.1, 0.15) is 0 Å². The van der Waals surface area contributed by atoms with Crippen molar-refractivity contribution in [1.29, 1.82) is 0 Å². The molecule has 5 nitrogen and oxygen atoms in total. The van der Waals surface area contributed by atoms with Crippen molar-refractivity contribution in [1.82, 2.24) is 0 Å². The van der Waals surface area contributed by atoms with Gasteiger partial charge in [0, 0.05) is 11.5 Å². The maximum atomic E-state index is 9.21. The number of fused-ring (bicyclic) bond motifs is 1. The van der Waals surface area contributed by atoms with Gasteiger partial charge in [-0.2, -0.15) is 0 Å². The number of azide groups is 1. The Morgan fingerprint density at radius 1 is 1.11 bits per heavy atom. The van der Waals surface area contributed by atoms with Crippen molar-refractivity contribution in [3.63, 3.8) is 0 Å². The summed E-state index contributed by atoms with van der Waals surface area (Å²) >= 11 is 0. The molecule has 1 aliphatic carbocycles. The molecule has 0 radical (unpaired) electrons. The molecule has 2 aromatic rings. The summed E-state index contributed by atoms with van der Waals surface area (Å²) in [6.45, 7) is 7.16. The third-order valence-corrected chi connectivity index (χ3v) is 11.2. The molecule has 0 aromatic heterocycles. The van der Waals surface area contributed by atoms with E-state index in [0.29, 0.717) is 6.61 Å². The molecular formula is C22H27N3O2Si. The molecule has 0 bridgehead atoms. The van der Waals surface area contributed by atoms with Crippen LogP contribution in [0.5, 0.6) is 0 Å². The Balaban J connectivity index is 1.80. The molecule has 28 heavy (non-hydrogen) atoms. The summed E-state index contributed by atoms with van der Waals surface area (Å²) in [6, 6.07) is 21.1. The zero-order chi connectivity index (χ0) is 19.8. The molecule has 2 aromatic carbocycles. The van der Waals surface area contributed by atoms with E-state index in [0.717, 1.165) is 12.8 Å². The maximum Gasteiger partial charge on any atom is 0.261 e. The number of benzene rings is 2. The molecule has 1 saturated carbocycles. The SMILES string of the molecule is CC(C)(C)[Si](OC[C@]1(N=[N+]=[N-])CC[C@H]2O[C@H]21)(c1ccccc1)c1ccccc1. The van der Waals surface area contributed by atoms with Crippen LogP contribution in [0.2, 0.25) is 5.04 Å². The van der Waals surface area contributed by atoms with Crippen LogP contribution in [-0.4, -0.2) is 32.7 Å². The fourth-order valence-corrected chi connectivity index (χ4v) is 9.37. The van der Waals surface area contributed by atoms with Gasteiger partial charge in [-0.1, -0.05) is 86.5 Å². The fraction of sp³-hybridized carbons (Fsp3) is 0.455. The lowest BCUT2D eigenvalue weighted by Crippen LogP contribution is -2.67. The number of hydrogen-bond acceptors (Lipinski definition) is 3. The first-order chi connectivity index (χ1) is 13.4. The molecule has 0 spiro atoms. The average molecular weight is 394 g/mol. The summed E-state index contributed by atoms with van der Waals surface area (Å²) < 4.78 is 12.8. The smallest absolute Gasteiger partial charge is 0.261 e. The molecule has 2 aliphatic rings. The highest BCUT2D eigenvalue weighted by atomic mass is 28.4. The Bertz CT molecular complexity index is 838. The number of epoxide rings is 1. The molecule has 0 unspecified atom stereocenters. The Morgan fingerprint density at radius 2 is 1.68 bits per heavy atom. The van der Waals surface area contributed by atoms with Crippen LogP contribution in [0.15, 0.2) is 65.8 Å². The summed E-state index contributed by atoms with van der Waals surface area (Å²) in [5.74, 6) is 0. The first kappa shape index (κ1) is 19.2. The van der Waals surface area contributed by atoms with E-state index in [1.54, 1.807) is 0 Å². The Labute approximate surface area is 167 Å². The molecule has 0 amide bonds. The molecule has 4 rings (SSSR count). The van der Waals surface area contributed by atoms with Crippen molar-refractivity contribution in [3.8, 4) is 0 Å². The van der Waals surface area contributed by atoms with E-state index < -0.39 is 13.9 Å². The zero-order valence-corrected chi connectivity index (χ0v) is 17.7. The first-order valence-electron chi connectivity index (χ1n) is 9.90. The second-order valence-electron chi connectivity index (χ2n) is 8.88. The van der Waals surface area contributed by atoms with E-state index in [1.165, 1.54) is 10.4 Å². The van der Waals surface area contributed by atoms with Gasteiger partial charge in [-0.05, 0) is 33.8 Å². The molecule has 146 valence electrons. The second-order valence-corrected chi connectivity index (χ2v) is 13.2. The standard InChI is InChI=1S/C22H27N3O2Si/c1-21(2,3)28(17-10-6-4-7-11-17,18-12-8-5-9-13-18)26-16-22(24-25-23)15-14-19-20(22)27-19/h4-13,19-20H,14-16H2,1-3H3/t19-,20-,22-/m1/s1. The van der Waals surface area contributed by atoms with Crippen LogP contribution in [0.4, 0.5) is 0 Å². The highest BCUT2D eigenvalue weighted by Gasteiger charge is 2.61. The minimum atomic E-state index is -2.64. The van der Waals surface area contributed by atoms with Crippen LogP contribution < -0.4 is 10.4 Å². The molecular weight excluding hydrogens is 366 g/mol. The fourth-order valence-electron chi connectivity index (χ4n) is 4.74. The van der Waals surface area contributed by atoms with Crippen molar-refractivity contribution in [2.24, 2.45) is 5.11 Å². The summed E-state index contributed by atoms with van der Waals surface area (Å²) in [5.41, 5.74) is 8.62. The van der Waals surface area contributed by atoms with Crippen LogP contribution in [0.3, 0.4) is 0 Å². The lowest BCUT2D eigenvalue weighted by molar-refractivity contribution is 0.151. The molecule has 2 fully saturated rings. The van der Waals surface area contributed by atoms with Crippen molar-refractivity contribution in [3.05, 3.63) is 71.1 Å². The third kappa shape index (κ3) is 3.07. The highest BCUT2D eigenvalue weighted by molar-refractivity contribution is 6.99. The Morgan fingerprint density at radius 3 is 2.07 bits per heavy atom. The van der Waals surface area contributed by atoms with Crippen molar-refractivity contribution in [2.45, 2.75) is 56.4 Å². The summed E-state index contributed by atoms with van der Waals surface area (Å²) in [5, 5.41) is 6.57. The molecule has 6 heteroatoms. The summed E-state index contributed by atoms with van der Waals surface area (Å²) in [6.07, 6.45) is 1.99. The van der Waals surface area contributed by atoms with Gasteiger partial charge in [-0.15, -0.1) is 0 Å². The topological polar surface area (TPSA) is 70.5 Å². The minimum absolute atomic E-state index is 0.00150. The van der Waals surface area contributed by atoms with Crippen molar-refractivity contribution < 1.29 is 9.16 Å². The number of ether oxygens (including phenoxy) is 1. The lowest BCUT2D eigenvalue weighted by Gasteiger charge is -2.44. The number of rotatable bonds is 6. The summed E-state index contributed by atoms with van der Waals surface area (Å²) in [4.78, 5) is 3.16. The Hall–Kier alpha value is -2.11. The second kappa shape index (κ2) is 7.05. The molecule has 1 saturated heterocycles. The van der Waals surface area contributed by atoms with Crippen molar-refractivity contribution >= 4 is 18.7 Å². The first-order valence-corrected chi connectivity index (χ1v) is 11.8. The number of hydrogen-bond donors (Lipinski definition) is 0. The third-order valence-electron chi connectivity index (χ3n) is 6.17. The van der Waals surface area contributed by atoms with E-state index >= 15 is 0 Å². The van der Waals surface area contributed by atoms with E-state index in [4.69, 9.17) is 9.16 Å². The molecule has 3 atom stereocenters. The normalized spacial score (nSPS) is 26.4. The number of nitrogens with zero attached hydrogens (tertiary/aromatic N) is 3. The van der Waals surface area contributed by atoms with Gasteiger partial charge in [0.15, 0.2) is 0 Å². The van der Waals surface area contributed by atoms with E-state index in [2.05, 4.69) is 79.3 Å². The zero-order valence-electron chi connectivity index (χ0n) is 16.7. The van der Waals surface area contributed by atoms with Gasteiger partial charge in [0.2, 0.25) is 0 Å². The minimum Gasteiger partial charge on any atom is -0.407 e. The van der Waals surface area contributed by atoms with Gasteiger partial charge in [0.25, 0.3) is 8.32 Å². The van der Waals surface area contributed by atoms with Gasteiger partial charge in [-0.3, -0.25) is 0 Å². The van der Waals surface area contributed by atoms with Crippen LogP contribution in [0.25, 0.3) is 10.4 Å². The molecule has 1 aliphatic heterocycles.